The second kappa shape index (κ2) is 8.13. The lowest BCUT2D eigenvalue weighted by Gasteiger charge is -2.09. The molecular weight excluding hydrogens is 336 g/mol. The Morgan fingerprint density at radius 2 is 1.88 bits per heavy atom. The predicted molar refractivity (Wildman–Crippen MR) is 100 cm³/mol. The van der Waals surface area contributed by atoms with Crippen LogP contribution in [0, 0.1) is 6.92 Å². The third-order valence-electron chi connectivity index (χ3n) is 3.51. The minimum atomic E-state index is -0.0367. The molecule has 1 heterocycles. The molecule has 0 spiro atoms. The fourth-order valence-corrected chi connectivity index (χ4v) is 4.13. The number of hydrogen-bond acceptors (Lipinski definition) is 4. The lowest BCUT2D eigenvalue weighted by molar-refractivity contribution is 0.0950. The van der Waals surface area contributed by atoms with Crippen molar-refractivity contribution >= 4 is 29.0 Å². The van der Waals surface area contributed by atoms with Gasteiger partial charge in [-0.15, -0.1) is 11.3 Å². The van der Waals surface area contributed by atoms with Gasteiger partial charge in [0.1, 0.15) is 4.34 Å². The molecule has 0 atom stereocenters. The summed E-state index contributed by atoms with van der Waals surface area (Å²) in [7, 11) is 0. The van der Waals surface area contributed by atoms with E-state index in [9.17, 15) is 4.79 Å². The topological polar surface area (TPSA) is 42.0 Å². The van der Waals surface area contributed by atoms with E-state index in [1.54, 1.807) is 23.1 Å². The van der Waals surface area contributed by atoms with Crippen molar-refractivity contribution in [1.82, 2.24) is 10.3 Å². The van der Waals surface area contributed by atoms with Gasteiger partial charge in [0.05, 0.1) is 0 Å². The maximum atomic E-state index is 12.5. The SMILES string of the molecule is Cc1csc(SCc2ccccc2C(=O)NCc2ccccc2)n1. The van der Waals surface area contributed by atoms with Gasteiger partial charge in [0.2, 0.25) is 0 Å². The molecule has 1 N–H and O–H groups in total. The van der Waals surface area contributed by atoms with Crippen molar-refractivity contribution < 1.29 is 4.79 Å². The standard InChI is InChI=1S/C19H18N2OS2/c1-14-12-23-19(21-14)24-13-16-9-5-6-10-17(16)18(22)20-11-15-7-3-2-4-8-15/h2-10,12H,11,13H2,1H3,(H,20,22). The van der Waals surface area contributed by atoms with E-state index >= 15 is 0 Å². The summed E-state index contributed by atoms with van der Waals surface area (Å²) in [5, 5.41) is 5.04. The molecule has 3 nitrogen and oxygen atoms in total. The van der Waals surface area contributed by atoms with Crippen LogP contribution >= 0.6 is 23.1 Å². The largest absolute Gasteiger partial charge is 0.348 e. The molecule has 2 aromatic carbocycles. The van der Waals surface area contributed by atoms with Gasteiger partial charge in [-0.25, -0.2) is 4.98 Å². The summed E-state index contributed by atoms with van der Waals surface area (Å²) in [5.74, 6) is 0.701. The number of nitrogens with zero attached hydrogens (tertiary/aromatic N) is 1. The molecule has 0 fully saturated rings. The fourth-order valence-electron chi connectivity index (χ4n) is 2.28. The van der Waals surface area contributed by atoms with Crippen molar-refractivity contribution in [2.45, 2.75) is 23.6 Å². The number of carbonyl (C=O) groups is 1. The van der Waals surface area contributed by atoms with E-state index in [1.165, 1.54) is 0 Å². The Hall–Kier alpha value is -2.11. The molecule has 0 saturated carbocycles. The Labute approximate surface area is 150 Å². The van der Waals surface area contributed by atoms with Crippen LogP contribution in [-0.2, 0) is 12.3 Å². The number of aromatic nitrogens is 1. The van der Waals surface area contributed by atoms with E-state index in [0.29, 0.717) is 6.54 Å². The highest BCUT2D eigenvalue weighted by Gasteiger charge is 2.11. The third kappa shape index (κ3) is 4.46. The fraction of sp³-hybridized carbons (Fsp3) is 0.158. The predicted octanol–water partition coefficient (Wildman–Crippen LogP) is 4.67. The second-order valence-electron chi connectivity index (χ2n) is 5.37. The maximum Gasteiger partial charge on any atom is 0.251 e. The van der Waals surface area contributed by atoms with Gasteiger partial charge in [-0.05, 0) is 24.1 Å². The summed E-state index contributed by atoms with van der Waals surface area (Å²) in [6.45, 7) is 2.53. The molecule has 0 aliphatic heterocycles. The highest BCUT2D eigenvalue weighted by Crippen LogP contribution is 2.27. The molecule has 0 radical (unpaired) electrons. The van der Waals surface area contributed by atoms with E-state index in [-0.39, 0.29) is 5.91 Å². The molecule has 5 heteroatoms. The van der Waals surface area contributed by atoms with E-state index in [1.807, 2.05) is 66.9 Å². The van der Waals surface area contributed by atoms with E-state index in [4.69, 9.17) is 0 Å². The normalized spacial score (nSPS) is 10.5. The first-order chi connectivity index (χ1) is 11.7. The van der Waals surface area contributed by atoms with Gasteiger partial charge in [0.25, 0.3) is 5.91 Å². The average Bonchev–Trinajstić information content (AvgIpc) is 3.04. The molecule has 0 unspecified atom stereocenters. The number of nitrogens with one attached hydrogen (secondary N) is 1. The average molecular weight is 355 g/mol. The van der Waals surface area contributed by atoms with Crippen molar-refractivity contribution in [3.05, 3.63) is 82.4 Å². The number of benzene rings is 2. The minimum Gasteiger partial charge on any atom is -0.348 e. The van der Waals surface area contributed by atoms with Gasteiger partial charge in [0, 0.05) is 28.9 Å². The van der Waals surface area contributed by atoms with Crippen molar-refractivity contribution in [2.75, 3.05) is 0 Å². The van der Waals surface area contributed by atoms with Gasteiger partial charge in [-0.1, -0.05) is 60.3 Å². The number of amides is 1. The van der Waals surface area contributed by atoms with E-state index < -0.39 is 0 Å². The summed E-state index contributed by atoms with van der Waals surface area (Å²) >= 11 is 3.31. The van der Waals surface area contributed by atoms with Crippen LogP contribution in [0.1, 0.15) is 27.2 Å². The molecule has 0 aliphatic rings. The van der Waals surface area contributed by atoms with Crippen LogP contribution < -0.4 is 5.32 Å². The van der Waals surface area contributed by atoms with Gasteiger partial charge in [0.15, 0.2) is 0 Å². The minimum absolute atomic E-state index is 0.0367. The van der Waals surface area contributed by atoms with Crippen molar-refractivity contribution in [2.24, 2.45) is 0 Å². The first kappa shape index (κ1) is 16.7. The van der Waals surface area contributed by atoms with Crippen LogP contribution in [0.15, 0.2) is 64.3 Å². The molecule has 0 saturated heterocycles. The number of carbonyl (C=O) groups excluding carboxylic acids is 1. The Bertz CT molecular complexity index is 815. The second-order valence-corrected chi connectivity index (χ2v) is 7.45. The first-order valence-corrected chi connectivity index (χ1v) is 9.54. The van der Waals surface area contributed by atoms with Crippen LogP contribution in [0.4, 0.5) is 0 Å². The van der Waals surface area contributed by atoms with Gasteiger partial charge in [-0.3, -0.25) is 4.79 Å². The molecule has 1 aromatic heterocycles. The number of aryl methyl sites for hydroxylation is 1. The zero-order chi connectivity index (χ0) is 16.8. The number of thioether (sulfide) groups is 1. The Kier molecular flexibility index (Phi) is 5.67. The number of rotatable bonds is 6. The van der Waals surface area contributed by atoms with Gasteiger partial charge in [-0.2, -0.15) is 0 Å². The molecule has 3 aromatic rings. The maximum absolute atomic E-state index is 12.5. The van der Waals surface area contributed by atoms with Crippen LogP contribution in [0.5, 0.6) is 0 Å². The lowest BCUT2D eigenvalue weighted by Crippen LogP contribution is -2.23. The summed E-state index contributed by atoms with van der Waals surface area (Å²) < 4.78 is 1.03. The summed E-state index contributed by atoms with van der Waals surface area (Å²) in [6.07, 6.45) is 0. The van der Waals surface area contributed by atoms with Crippen LogP contribution in [-0.4, -0.2) is 10.9 Å². The van der Waals surface area contributed by atoms with Crippen LogP contribution in [0.25, 0.3) is 0 Å². The summed E-state index contributed by atoms with van der Waals surface area (Å²) in [6, 6.07) is 17.7. The molecule has 3 rings (SSSR count). The molecule has 122 valence electrons. The Morgan fingerprint density at radius 3 is 2.62 bits per heavy atom. The van der Waals surface area contributed by atoms with Gasteiger partial charge < -0.3 is 5.32 Å². The highest BCUT2D eigenvalue weighted by molar-refractivity contribution is 8.00. The highest BCUT2D eigenvalue weighted by atomic mass is 32.2. The monoisotopic (exact) mass is 354 g/mol. The van der Waals surface area contributed by atoms with Crippen molar-refractivity contribution in [3.8, 4) is 0 Å². The smallest absolute Gasteiger partial charge is 0.251 e. The van der Waals surface area contributed by atoms with Crippen molar-refractivity contribution in [1.29, 1.82) is 0 Å². The number of hydrogen-bond donors (Lipinski definition) is 1. The Balaban J connectivity index is 1.65. The molecule has 0 bridgehead atoms. The molecular formula is C19H18N2OS2. The summed E-state index contributed by atoms with van der Waals surface area (Å²) in [5.41, 5.74) is 3.89. The Morgan fingerprint density at radius 1 is 1.12 bits per heavy atom. The van der Waals surface area contributed by atoms with Gasteiger partial charge >= 0.3 is 0 Å². The zero-order valence-electron chi connectivity index (χ0n) is 13.4. The van der Waals surface area contributed by atoms with E-state index in [2.05, 4.69) is 10.3 Å². The zero-order valence-corrected chi connectivity index (χ0v) is 15.0. The lowest BCUT2D eigenvalue weighted by atomic mass is 10.1. The van der Waals surface area contributed by atoms with Crippen LogP contribution in [0.3, 0.4) is 0 Å². The molecule has 24 heavy (non-hydrogen) atoms. The summed E-state index contributed by atoms with van der Waals surface area (Å²) in [4.78, 5) is 17.0. The quantitative estimate of drug-likeness (QED) is 0.654. The number of thiazole rings is 1. The molecule has 0 aliphatic carbocycles. The van der Waals surface area contributed by atoms with E-state index in [0.717, 1.165) is 32.5 Å². The third-order valence-corrected chi connectivity index (χ3v) is 5.69. The first-order valence-electron chi connectivity index (χ1n) is 7.67. The van der Waals surface area contributed by atoms with Crippen LogP contribution in [0.2, 0.25) is 0 Å². The van der Waals surface area contributed by atoms with Crippen molar-refractivity contribution in [3.63, 3.8) is 0 Å². The molecule has 1 amide bonds.